The lowest BCUT2D eigenvalue weighted by Crippen LogP contribution is -2.41. The van der Waals surface area contributed by atoms with Crippen LogP contribution in [0.5, 0.6) is 0 Å². The van der Waals surface area contributed by atoms with Gasteiger partial charge in [0.15, 0.2) is 0 Å². The molecular weight excluding hydrogens is 310 g/mol. The summed E-state index contributed by atoms with van der Waals surface area (Å²) >= 11 is 0. The zero-order valence-electron chi connectivity index (χ0n) is 13.7. The van der Waals surface area contributed by atoms with Crippen molar-refractivity contribution in [1.29, 1.82) is 0 Å². The number of amides is 1. The number of aromatic nitrogens is 4. The van der Waals surface area contributed by atoms with Gasteiger partial charge in [0.25, 0.3) is 0 Å². The Morgan fingerprint density at radius 2 is 2.29 bits per heavy atom. The number of rotatable bonds is 7. The fourth-order valence-corrected chi connectivity index (χ4v) is 3.11. The Labute approximate surface area is 140 Å². The summed E-state index contributed by atoms with van der Waals surface area (Å²) < 4.78 is 9.09. The Bertz CT molecular complexity index is 654. The van der Waals surface area contributed by atoms with Crippen molar-refractivity contribution in [2.24, 2.45) is 13.0 Å². The first-order valence-corrected chi connectivity index (χ1v) is 8.10. The van der Waals surface area contributed by atoms with E-state index in [4.69, 9.17) is 4.74 Å². The van der Waals surface area contributed by atoms with Crippen LogP contribution in [-0.2, 0) is 29.7 Å². The van der Waals surface area contributed by atoms with Crippen LogP contribution in [-0.4, -0.2) is 49.1 Å². The van der Waals surface area contributed by atoms with E-state index >= 15 is 0 Å². The van der Waals surface area contributed by atoms with Gasteiger partial charge in [-0.15, -0.1) is 0 Å². The molecule has 2 aromatic rings. The van der Waals surface area contributed by atoms with Crippen LogP contribution in [0.4, 0.5) is 0 Å². The Kier molecular flexibility index (Phi) is 5.27. The number of nitrogens with zero attached hydrogens (tertiary/aromatic N) is 4. The quantitative estimate of drug-likeness (QED) is 0.749. The molecule has 1 saturated carbocycles. The summed E-state index contributed by atoms with van der Waals surface area (Å²) in [5.74, 6) is 0.856. The number of hydrogen-bond acceptors (Lipinski definition) is 5. The number of nitrogens with one attached hydrogen (secondary N) is 1. The molecule has 1 unspecified atom stereocenters. The van der Waals surface area contributed by atoms with Crippen molar-refractivity contribution >= 4 is 5.91 Å². The summed E-state index contributed by atoms with van der Waals surface area (Å²) in [5, 5.41) is 17.2. The molecule has 8 nitrogen and oxygen atoms in total. The third-order valence-corrected chi connectivity index (χ3v) is 4.36. The lowest BCUT2D eigenvalue weighted by Gasteiger charge is -2.16. The van der Waals surface area contributed by atoms with Crippen LogP contribution in [0, 0.1) is 5.92 Å². The standard InChI is InChI=1S/C16H23N5O3/c1-20-6-4-17-15(20)10-24-11-16(23)19-13-7-12(8-14(13)22)9-21-5-2-3-18-21/h2-6,12-14,22H,7-11H2,1H3,(H,19,23)/t12?,13-,14-/m1/s1. The average molecular weight is 333 g/mol. The summed E-state index contributed by atoms with van der Waals surface area (Å²) in [4.78, 5) is 16.1. The lowest BCUT2D eigenvalue weighted by atomic mass is 10.1. The van der Waals surface area contributed by atoms with E-state index in [1.54, 1.807) is 12.4 Å². The first-order chi connectivity index (χ1) is 11.6. The maximum Gasteiger partial charge on any atom is 0.246 e. The molecule has 2 N–H and O–H groups in total. The molecule has 1 amide bonds. The van der Waals surface area contributed by atoms with Gasteiger partial charge in [-0.2, -0.15) is 5.10 Å². The fourth-order valence-electron chi connectivity index (χ4n) is 3.11. The molecule has 1 aliphatic rings. The Morgan fingerprint density at radius 1 is 1.42 bits per heavy atom. The molecule has 2 aromatic heterocycles. The van der Waals surface area contributed by atoms with Crippen LogP contribution in [0.25, 0.3) is 0 Å². The minimum atomic E-state index is -0.524. The van der Waals surface area contributed by atoms with Gasteiger partial charge in [-0.3, -0.25) is 9.48 Å². The molecule has 1 fully saturated rings. The third kappa shape index (κ3) is 4.21. The Morgan fingerprint density at radius 3 is 3.00 bits per heavy atom. The molecule has 130 valence electrons. The van der Waals surface area contributed by atoms with Gasteiger partial charge in [-0.1, -0.05) is 0 Å². The van der Waals surface area contributed by atoms with Crippen LogP contribution in [0.3, 0.4) is 0 Å². The van der Waals surface area contributed by atoms with E-state index in [-0.39, 0.29) is 25.2 Å². The molecule has 3 atom stereocenters. The topological polar surface area (TPSA) is 94.2 Å². The second-order valence-corrected chi connectivity index (χ2v) is 6.25. The largest absolute Gasteiger partial charge is 0.391 e. The zero-order chi connectivity index (χ0) is 16.9. The number of carbonyl (C=O) groups is 1. The summed E-state index contributed by atoms with van der Waals surface area (Å²) in [6.45, 7) is 0.998. The van der Waals surface area contributed by atoms with Gasteiger partial charge >= 0.3 is 0 Å². The maximum absolute atomic E-state index is 12.0. The fraction of sp³-hybridized carbons (Fsp3) is 0.562. The molecule has 0 aliphatic heterocycles. The van der Waals surface area contributed by atoms with Crippen molar-refractivity contribution in [1.82, 2.24) is 24.6 Å². The molecule has 0 radical (unpaired) electrons. The first kappa shape index (κ1) is 16.7. The van der Waals surface area contributed by atoms with Gasteiger partial charge in [0.2, 0.25) is 5.91 Å². The minimum Gasteiger partial charge on any atom is -0.391 e. The van der Waals surface area contributed by atoms with Crippen molar-refractivity contribution in [3.05, 3.63) is 36.7 Å². The van der Waals surface area contributed by atoms with E-state index in [9.17, 15) is 9.90 Å². The van der Waals surface area contributed by atoms with Crippen LogP contribution < -0.4 is 5.32 Å². The molecular formula is C16H23N5O3. The predicted octanol–water partition coefficient (Wildman–Crippen LogP) is 0.0891. The average Bonchev–Trinajstić information content (AvgIpc) is 3.25. The van der Waals surface area contributed by atoms with Gasteiger partial charge in [-0.05, 0) is 24.8 Å². The van der Waals surface area contributed by atoms with E-state index < -0.39 is 6.10 Å². The minimum absolute atomic E-state index is 0.0418. The normalized spacial score (nSPS) is 23.5. The number of aliphatic hydroxyl groups is 1. The maximum atomic E-state index is 12.0. The van der Waals surface area contributed by atoms with Crippen molar-refractivity contribution in [2.45, 2.75) is 38.1 Å². The smallest absolute Gasteiger partial charge is 0.246 e. The van der Waals surface area contributed by atoms with Crippen molar-refractivity contribution in [2.75, 3.05) is 6.61 Å². The number of hydrogen-bond donors (Lipinski definition) is 2. The Balaban J connectivity index is 1.40. The van der Waals surface area contributed by atoms with Gasteiger partial charge in [0, 0.05) is 38.4 Å². The molecule has 1 aliphatic carbocycles. The van der Waals surface area contributed by atoms with E-state index in [2.05, 4.69) is 15.4 Å². The van der Waals surface area contributed by atoms with E-state index in [1.165, 1.54) is 0 Å². The highest BCUT2D eigenvalue weighted by Gasteiger charge is 2.34. The van der Waals surface area contributed by atoms with Crippen LogP contribution in [0.2, 0.25) is 0 Å². The number of ether oxygens (including phenoxy) is 1. The SMILES string of the molecule is Cn1ccnc1COCC(=O)N[C@@H]1CC(Cn2cccn2)C[C@H]1O. The second kappa shape index (κ2) is 7.59. The highest BCUT2D eigenvalue weighted by Crippen LogP contribution is 2.27. The molecule has 0 saturated heterocycles. The van der Waals surface area contributed by atoms with Crippen molar-refractivity contribution < 1.29 is 14.6 Å². The molecule has 3 rings (SSSR count). The summed E-state index contributed by atoms with van der Waals surface area (Å²) in [6, 6.07) is 1.65. The summed E-state index contributed by atoms with van der Waals surface area (Å²) in [6.07, 6.45) is 8.04. The predicted molar refractivity (Wildman–Crippen MR) is 85.8 cm³/mol. The van der Waals surface area contributed by atoms with Crippen LogP contribution in [0.1, 0.15) is 18.7 Å². The zero-order valence-corrected chi connectivity index (χ0v) is 13.7. The van der Waals surface area contributed by atoms with Crippen molar-refractivity contribution in [3.8, 4) is 0 Å². The molecule has 0 aromatic carbocycles. The molecule has 24 heavy (non-hydrogen) atoms. The molecule has 0 bridgehead atoms. The van der Waals surface area contributed by atoms with Crippen LogP contribution >= 0.6 is 0 Å². The van der Waals surface area contributed by atoms with Crippen LogP contribution in [0.15, 0.2) is 30.9 Å². The Hall–Kier alpha value is -2.19. The van der Waals surface area contributed by atoms with Crippen molar-refractivity contribution in [3.63, 3.8) is 0 Å². The van der Waals surface area contributed by atoms with Gasteiger partial charge in [0.05, 0.1) is 12.1 Å². The molecule has 0 spiro atoms. The highest BCUT2D eigenvalue weighted by atomic mass is 16.5. The van der Waals surface area contributed by atoms with Gasteiger partial charge in [-0.25, -0.2) is 4.98 Å². The van der Waals surface area contributed by atoms with Gasteiger partial charge < -0.3 is 19.7 Å². The number of carbonyl (C=O) groups excluding carboxylic acids is 1. The summed E-state index contributed by atoms with van der Waals surface area (Å²) in [5.41, 5.74) is 0. The number of aliphatic hydroxyl groups excluding tert-OH is 1. The number of aryl methyl sites for hydroxylation is 1. The first-order valence-electron chi connectivity index (χ1n) is 8.10. The molecule has 8 heteroatoms. The second-order valence-electron chi connectivity index (χ2n) is 6.25. The third-order valence-electron chi connectivity index (χ3n) is 4.36. The molecule has 2 heterocycles. The number of imidazole rings is 1. The summed E-state index contributed by atoms with van der Waals surface area (Å²) in [7, 11) is 1.88. The lowest BCUT2D eigenvalue weighted by molar-refractivity contribution is -0.127. The van der Waals surface area contributed by atoms with Gasteiger partial charge in [0.1, 0.15) is 19.0 Å². The van der Waals surface area contributed by atoms with E-state index in [0.717, 1.165) is 18.8 Å². The van der Waals surface area contributed by atoms with E-state index in [0.29, 0.717) is 12.3 Å². The highest BCUT2D eigenvalue weighted by molar-refractivity contribution is 5.77. The monoisotopic (exact) mass is 333 g/mol. The van der Waals surface area contributed by atoms with E-state index in [1.807, 2.05) is 34.8 Å².